The van der Waals surface area contributed by atoms with Gasteiger partial charge in [-0.25, -0.2) is 0 Å². The van der Waals surface area contributed by atoms with Crippen LogP contribution in [0.25, 0.3) is 10.9 Å². The van der Waals surface area contributed by atoms with Gasteiger partial charge in [0.05, 0.1) is 12.8 Å². The number of H-pyrrole nitrogens is 1. The predicted octanol–water partition coefficient (Wildman–Crippen LogP) is -0.474. The first kappa shape index (κ1) is 58.8. The first-order chi connectivity index (χ1) is 33.0. The normalized spacial score (nSPS) is 11.5. The number of aromatic nitrogens is 1. The van der Waals surface area contributed by atoms with Gasteiger partial charge < -0.3 is 74.7 Å². The van der Waals surface area contributed by atoms with Crippen molar-refractivity contribution < 1.29 is 38.7 Å². The SMILES string of the molecule is NCCCCNCCC(=O)NCCCCNCCC(=O)NCCCCNCCC(=O)NCCCCNCCC(=O)NCCCCCNC(=O)C(CC(N)=O)NC(=O)Cc1c[nH]c2cc(O)ccc12. The van der Waals surface area contributed by atoms with Crippen LogP contribution in [0.2, 0.25) is 0 Å². The number of carbonyl (C=O) groups excluding carboxylic acids is 7. The number of aromatic hydroxyl groups is 1. The lowest BCUT2D eigenvalue weighted by molar-refractivity contribution is -0.131. The van der Waals surface area contributed by atoms with Gasteiger partial charge in [0, 0.05) is 108 Å². The second-order valence-electron chi connectivity index (χ2n) is 16.9. The number of phenols is 1. The minimum absolute atomic E-state index is 0.00498. The van der Waals surface area contributed by atoms with Crippen molar-refractivity contribution in [2.45, 2.75) is 115 Å². The molecule has 0 aliphatic rings. The second kappa shape index (κ2) is 38.6. The number of rotatable bonds is 43. The Labute approximate surface area is 402 Å². The summed E-state index contributed by atoms with van der Waals surface area (Å²) < 4.78 is 0. The average molecular weight is 958 g/mol. The molecule has 0 fully saturated rings. The van der Waals surface area contributed by atoms with E-state index in [0.29, 0.717) is 109 Å². The summed E-state index contributed by atoms with van der Waals surface area (Å²) in [5.41, 5.74) is 12.2. The summed E-state index contributed by atoms with van der Waals surface area (Å²) in [6.45, 7) is 9.08. The number of nitrogens with two attached hydrogens (primary N) is 2. The van der Waals surface area contributed by atoms with Gasteiger partial charge in [-0.1, -0.05) is 0 Å². The molecule has 2 aromatic rings. The molecule has 0 saturated heterocycles. The Bertz CT molecular complexity index is 1760. The van der Waals surface area contributed by atoms with Gasteiger partial charge in [-0.05, 0) is 121 Å². The van der Waals surface area contributed by atoms with Crippen LogP contribution in [0.15, 0.2) is 24.4 Å². The lowest BCUT2D eigenvalue weighted by Crippen LogP contribution is -2.49. The third-order valence-corrected chi connectivity index (χ3v) is 10.9. The molecule has 2 rings (SSSR count). The maximum absolute atomic E-state index is 12.8. The number of nitrogens with one attached hydrogen (secondary N) is 11. The van der Waals surface area contributed by atoms with Gasteiger partial charge >= 0.3 is 0 Å². The Morgan fingerprint density at radius 2 is 0.926 bits per heavy atom. The number of amides is 7. The van der Waals surface area contributed by atoms with Gasteiger partial charge in [0.1, 0.15) is 11.8 Å². The molecule has 0 spiro atoms. The molecular formula is C47H83N13O8. The summed E-state index contributed by atoms with van der Waals surface area (Å²) in [5.74, 6) is -1.53. The molecule has 68 heavy (non-hydrogen) atoms. The molecule has 0 aliphatic carbocycles. The van der Waals surface area contributed by atoms with Gasteiger partial charge in [0.2, 0.25) is 41.4 Å². The largest absolute Gasteiger partial charge is 0.508 e. The number of unbranched alkanes of at least 4 members (excludes halogenated alkanes) is 6. The van der Waals surface area contributed by atoms with E-state index >= 15 is 0 Å². The van der Waals surface area contributed by atoms with Crippen molar-refractivity contribution in [3.05, 3.63) is 30.0 Å². The molecule has 1 heterocycles. The van der Waals surface area contributed by atoms with Crippen molar-refractivity contribution in [1.82, 2.24) is 58.2 Å². The van der Waals surface area contributed by atoms with E-state index in [9.17, 15) is 38.7 Å². The molecule has 0 radical (unpaired) electrons. The number of hydrogen-bond acceptors (Lipinski definition) is 13. The first-order valence-electron chi connectivity index (χ1n) is 24.7. The number of fused-ring (bicyclic) bond motifs is 1. The van der Waals surface area contributed by atoms with Crippen molar-refractivity contribution in [1.29, 1.82) is 0 Å². The highest BCUT2D eigenvalue weighted by molar-refractivity contribution is 5.94. The number of primary amides is 1. The Hall–Kier alpha value is -5.35. The number of aromatic amines is 1. The topological polar surface area (TPSA) is 328 Å². The Kier molecular flexibility index (Phi) is 33.4. The highest BCUT2D eigenvalue weighted by Crippen LogP contribution is 2.23. The zero-order chi connectivity index (χ0) is 49.5. The fourth-order valence-corrected chi connectivity index (χ4v) is 7.00. The molecule has 21 heteroatoms. The maximum Gasteiger partial charge on any atom is 0.243 e. The molecular weight excluding hydrogens is 875 g/mol. The molecule has 1 atom stereocenters. The quantitative estimate of drug-likeness (QED) is 0.0375. The molecule has 1 aromatic heterocycles. The average Bonchev–Trinajstić information content (AvgIpc) is 3.69. The highest BCUT2D eigenvalue weighted by Gasteiger charge is 2.23. The van der Waals surface area contributed by atoms with Crippen LogP contribution in [-0.2, 0) is 40.0 Å². The summed E-state index contributed by atoms with van der Waals surface area (Å²) in [6.07, 6.45) is 12.4. The van der Waals surface area contributed by atoms with Gasteiger partial charge in [-0.3, -0.25) is 33.6 Å². The molecule has 1 aromatic carbocycles. The van der Waals surface area contributed by atoms with Crippen LogP contribution >= 0.6 is 0 Å². The number of hydrogen-bond donors (Lipinski definition) is 14. The minimum atomic E-state index is -1.11. The molecule has 0 saturated carbocycles. The molecule has 21 nitrogen and oxygen atoms in total. The number of benzene rings is 1. The molecule has 7 amide bonds. The molecule has 1 unspecified atom stereocenters. The van der Waals surface area contributed by atoms with Crippen LogP contribution in [0.4, 0.5) is 0 Å². The van der Waals surface area contributed by atoms with Crippen molar-refractivity contribution in [3.8, 4) is 5.75 Å². The molecule has 0 aliphatic heterocycles. The van der Waals surface area contributed by atoms with Crippen LogP contribution in [0.3, 0.4) is 0 Å². The monoisotopic (exact) mass is 958 g/mol. The van der Waals surface area contributed by atoms with Gasteiger partial charge in [-0.2, -0.15) is 0 Å². The first-order valence-corrected chi connectivity index (χ1v) is 24.7. The Morgan fingerprint density at radius 1 is 0.515 bits per heavy atom. The van der Waals surface area contributed by atoms with Gasteiger partial charge in [0.25, 0.3) is 0 Å². The fourth-order valence-electron chi connectivity index (χ4n) is 7.00. The van der Waals surface area contributed by atoms with E-state index in [-0.39, 0.29) is 42.2 Å². The van der Waals surface area contributed by atoms with Crippen LogP contribution in [0.5, 0.6) is 5.75 Å². The van der Waals surface area contributed by atoms with E-state index in [2.05, 4.69) is 58.2 Å². The van der Waals surface area contributed by atoms with Crippen molar-refractivity contribution in [2.24, 2.45) is 11.5 Å². The Morgan fingerprint density at radius 3 is 1.37 bits per heavy atom. The fraction of sp³-hybridized carbons (Fsp3) is 0.681. The van der Waals surface area contributed by atoms with Crippen molar-refractivity contribution in [2.75, 3.05) is 91.6 Å². The van der Waals surface area contributed by atoms with E-state index in [0.717, 1.165) is 95.8 Å². The third kappa shape index (κ3) is 30.8. The van der Waals surface area contributed by atoms with Gasteiger partial charge in [-0.15, -0.1) is 0 Å². The minimum Gasteiger partial charge on any atom is -0.508 e. The zero-order valence-corrected chi connectivity index (χ0v) is 40.3. The molecule has 0 bridgehead atoms. The van der Waals surface area contributed by atoms with Crippen LogP contribution in [0, 0.1) is 0 Å². The summed E-state index contributed by atoms with van der Waals surface area (Å²) in [7, 11) is 0. The lowest BCUT2D eigenvalue weighted by Gasteiger charge is -2.17. The molecule has 16 N–H and O–H groups in total. The maximum atomic E-state index is 12.8. The predicted molar refractivity (Wildman–Crippen MR) is 264 cm³/mol. The number of phenolic OH excluding ortho intramolecular Hbond substituents is 1. The third-order valence-electron chi connectivity index (χ3n) is 10.9. The van der Waals surface area contributed by atoms with Gasteiger partial charge in [0.15, 0.2) is 0 Å². The summed E-state index contributed by atoms with van der Waals surface area (Å²) in [4.78, 5) is 88.4. The number of carbonyl (C=O) groups is 7. The van der Waals surface area contributed by atoms with Crippen LogP contribution in [0.1, 0.15) is 108 Å². The standard InChI is InChI=1S/C47H83N13O8/c48-18-2-5-19-50-28-14-43(64)55-24-9-7-21-52-30-16-45(66)57-26-11-8-22-53-31-17-44(65)56-25-10-6-20-51-29-15-42(63)54-23-3-1-4-27-58-47(68)40(34-41(49)62)60-46(67)32-36-35-59-39-33-37(61)12-13-38(36)39/h12-13,33,35,40,50-53,59,61H,1-11,14-32,34,48H2,(H2,49,62)(H,54,63)(H,55,64)(H,56,65)(H,57,66)(H,58,68)(H,60,67). The van der Waals surface area contributed by atoms with E-state index in [1.807, 2.05) is 0 Å². The van der Waals surface area contributed by atoms with E-state index in [4.69, 9.17) is 11.5 Å². The van der Waals surface area contributed by atoms with Crippen molar-refractivity contribution >= 4 is 52.3 Å². The molecule has 384 valence electrons. The summed E-state index contributed by atoms with van der Waals surface area (Å²) >= 11 is 0. The van der Waals surface area contributed by atoms with E-state index in [1.54, 1.807) is 18.3 Å². The van der Waals surface area contributed by atoms with Crippen LogP contribution < -0.4 is 64.6 Å². The smallest absolute Gasteiger partial charge is 0.243 e. The van der Waals surface area contributed by atoms with E-state index in [1.165, 1.54) is 6.07 Å². The summed E-state index contributed by atoms with van der Waals surface area (Å²) in [5, 5.41) is 40.6. The summed E-state index contributed by atoms with van der Waals surface area (Å²) in [6, 6.07) is 3.66. The zero-order valence-electron chi connectivity index (χ0n) is 40.3. The second-order valence-corrected chi connectivity index (χ2v) is 16.9. The highest BCUT2D eigenvalue weighted by atomic mass is 16.3. The lowest BCUT2D eigenvalue weighted by atomic mass is 10.1. The van der Waals surface area contributed by atoms with E-state index < -0.39 is 23.8 Å². The Balaban J connectivity index is 1.32. The van der Waals surface area contributed by atoms with Crippen LogP contribution in [-0.4, -0.2) is 149 Å². The van der Waals surface area contributed by atoms with Crippen molar-refractivity contribution in [3.63, 3.8) is 0 Å².